The number of urea groups is 1. The Morgan fingerprint density at radius 3 is 2.90 bits per heavy atom. The molecule has 1 aromatic heterocycles. The van der Waals surface area contributed by atoms with E-state index in [1.807, 2.05) is 6.92 Å². The van der Waals surface area contributed by atoms with Crippen LogP contribution in [0, 0.1) is 0 Å². The first-order chi connectivity index (χ1) is 9.42. The topological polar surface area (TPSA) is 83.7 Å². The third-order valence-electron chi connectivity index (χ3n) is 2.53. The maximum Gasteiger partial charge on any atom is 0.314 e. The van der Waals surface area contributed by atoms with E-state index in [1.165, 1.54) is 6.26 Å². The zero-order chi connectivity index (χ0) is 15.0. The van der Waals surface area contributed by atoms with Crippen LogP contribution in [0.1, 0.15) is 19.6 Å². The highest BCUT2D eigenvalue weighted by atomic mass is 16.5. The van der Waals surface area contributed by atoms with Crippen LogP contribution in [0.25, 0.3) is 0 Å². The molecule has 1 rings (SSSR count). The fourth-order valence-electron chi connectivity index (χ4n) is 1.47. The quantitative estimate of drug-likeness (QED) is 0.497. The monoisotopic (exact) mass is 282 g/mol. The summed E-state index contributed by atoms with van der Waals surface area (Å²) in [4.78, 5) is 11.5. The summed E-state index contributed by atoms with van der Waals surface area (Å²) in [5, 5.41) is 15.3. The lowest BCUT2D eigenvalue weighted by Gasteiger charge is -2.21. The molecule has 0 spiro atoms. The molecule has 1 aromatic rings. The second-order valence-corrected chi connectivity index (χ2v) is 4.87. The van der Waals surface area contributed by atoms with Gasteiger partial charge in [0.25, 0.3) is 0 Å². The summed E-state index contributed by atoms with van der Waals surface area (Å²) in [6.07, 6.45) is 1.48. The van der Waals surface area contributed by atoms with E-state index in [0.717, 1.165) is 5.57 Å². The predicted molar refractivity (Wildman–Crippen MR) is 75.3 cm³/mol. The number of carbonyl (C=O) groups excluding carboxylic acids is 1. The van der Waals surface area contributed by atoms with Crippen LogP contribution in [0.2, 0.25) is 0 Å². The number of hydrogen-bond donors (Lipinski definition) is 3. The van der Waals surface area contributed by atoms with E-state index in [0.29, 0.717) is 25.5 Å². The van der Waals surface area contributed by atoms with Gasteiger partial charge in [0.2, 0.25) is 0 Å². The molecule has 0 aliphatic rings. The van der Waals surface area contributed by atoms with Gasteiger partial charge >= 0.3 is 6.03 Å². The van der Waals surface area contributed by atoms with Crippen LogP contribution >= 0.6 is 0 Å². The van der Waals surface area contributed by atoms with Gasteiger partial charge in [-0.3, -0.25) is 0 Å². The Labute approximate surface area is 118 Å². The number of nitrogens with one attached hydrogen (secondary N) is 2. The van der Waals surface area contributed by atoms with E-state index in [1.54, 1.807) is 19.1 Å². The lowest BCUT2D eigenvalue weighted by atomic mass is 10.0. The van der Waals surface area contributed by atoms with Gasteiger partial charge in [0.1, 0.15) is 11.4 Å². The smallest absolute Gasteiger partial charge is 0.314 e. The first-order valence-electron chi connectivity index (χ1n) is 6.42. The number of ether oxygens (including phenoxy) is 1. The molecule has 6 nitrogen and oxygen atoms in total. The largest absolute Gasteiger partial charge is 0.466 e. The Balaban J connectivity index is 2.18. The summed E-state index contributed by atoms with van der Waals surface area (Å²) >= 11 is 0. The Kier molecular flexibility index (Phi) is 6.27. The lowest BCUT2D eigenvalue weighted by Crippen LogP contribution is -2.44. The van der Waals surface area contributed by atoms with Crippen molar-refractivity contribution >= 4 is 6.03 Å². The molecule has 1 atom stereocenters. The molecule has 0 radical (unpaired) electrons. The van der Waals surface area contributed by atoms with E-state index < -0.39 is 5.60 Å². The number of furan rings is 1. The van der Waals surface area contributed by atoms with Crippen LogP contribution in [-0.2, 0) is 10.3 Å². The molecule has 20 heavy (non-hydrogen) atoms. The third kappa shape index (κ3) is 5.90. The highest BCUT2D eigenvalue weighted by Crippen LogP contribution is 2.19. The third-order valence-corrected chi connectivity index (χ3v) is 2.53. The highest BCUT2D eigenvalue weighted by molar-refractivity contribution is 5.73. The average molecular weight is 282 g/mol. The number of amides is 2. The van der Waals surface area contributed by atoms with Gasteiger partial charge in [-0.2, -0.15) is 0 Å². The highest BCUT2D eigenvalue weighted by Gasteiger charge is 2.26. The summed E-state index contributed by atoms with van der Waals surface area (Å²) in [6.45, 7) is 8.49. The van der Waals surface area contributed by atoms with Crippen LogP contribution in [0.15, 0.2) is 35.0 Å². The summed E-state index contributed by atoms with van der Waals surface area (Å²) in [5.74, 6) is 0.405. The Bertz CT molecular complexity index is 426. The molecule has 6 heteroatoms. The van der Waals surface area contributed by atoms with Gasteiger partial charge < -0.3 is 24.9 Å². The van der Waals surface area contributed by atoms with E-state index in [-0.39, 0.29) is 12.6 Å². The van der Waals surface area contributed by atoms with E-state index in [2.05, 4.69) is 17.2 Å². The van der Waals surface area contributed by atoms with Crippen molar-refractivity contribution in [2.45, 2.75) is 19.4 Å². The molecule has 1 heterocycles. The molecule has 0 saturated heterocycles. The normalized spacial score (nSPS) is 13.6. The van der Waals surface area contributed by atoms with Crippen molar-refractivity contribution < 1.29 is 19.1 Å². The van der Waals surface area contributed by atoms with Crippen molar-refractivity contribution in [2.75, 3.05) is 26.3 Å². The molecule has 0 aliphatic heterocycles. The first kappa shape index (κ1) is 16.3. The van der Waals surface area contributed by atoms with Crippen LogP contribution in [0.3, 0.4) is 0 Å². The van der Waals surface area contributed by atoms with Crippen LogP contribution in [-0.4, -0.2) is 37.4 Å². The number of carbonyl (C=O) groups is 1. The van der Waals surface area contributed by atoms with Gasteiger partial charge in [-0.05, 0) is 26.0 Å². The maximum atomic E-state index is 11.5. The van der Waals surface area contributed by atoms with Crippen LogP contribution in [0.4, 0.5) is 4.79 Å². The average Bonchev–Trinajstić information content (AvgIpc) is 2.90. The number of rotatable bonds is 8. The van der Waals surface area contributed by atoms with Crippen molar-refractivity contribution in [3.8, 4) is 0 Å². The van der Waals surface area contributed by atoms with Gasteiger partial charge in [0.05, 0.1) is 26.0 Å². The molecule has 0 bridgehead atoms. The zero-order valence-corrected chi connectivity index (χ0v) is 11.9. The van der Waals surface area contributed by atoms with Gasteiger partial charge in [0, 0.05) is 6.54 Å². The Hall–Kier alpha value is -1.79. The van der Waals surface area contributed by atoms with Crippen molar-refractivity contribution in [3.63, 3.8) is 0 Å². The SMILES string of the molecule is C=C(C)COCCNC(=O)NCC(C)(O)c1ccco1. The summed E-state index contributed by atoms with van der Waals surface area (Å²) in [5.41, 5.74) is -0.305. The van der Waals surface area contributed by atoms with Gasteiger partial charge in [-0.25, -0.2) is 4.79 Å². The van der Waals surface area contributed by atoms with Gasteiger partial charge in [-0.1, -0.05) is 12.2 Å². The maximum absolute atomic E-state index is 11.5. The molecule has 112 valence electrons. The molecule has 0 aliphatic carbocycles. The van der Waals surface area contributed by atoms with E-state index in [4.69, 9.17) is 9.15 Å². The molecule has 0 saturated carbocycles. The molecule has 1 unspecified atom stereocenters. The Morgan fingerprint density at radius 2 is 2.30 bits per heavy atom. The second-order valence-electron chi connectivity index (χ2n) is 4.87. The predicted octanol–water partition coefficient (Wildman–Crippen LogP) is 1.38. The minimum absolute atomic E-state index is 0.0545. The first-order valence-corrected chi connectivity index (χ1v) is 6.42. The molecule has 0 fully saturated rings. The van der Waals surface area contributed by atoms with Crippen molar-refractivity contribution in [3.05, 3.63) is 36.3 Å². The molecule has 2 amide bonds. The standard InChI is InChI=1S/C14H22N2O4/c1-11(2)9-19-8-6-15-13(17)16-10-14(3,18)12-5-4-7-20-12/h4-5,7,18H,1,6,8-10H2,2-3H3,(H2,15,16,17). The molecular weight excluding hydrogens is 260 g/mol. The second kappa shape index (κ2) is 7.72. The summed E-state index contributed by atoms with van der Waals surface area (Å²) < 4.78 is 10.4. The van der Waals surface area contributed by atoms with Gasteiger partial charge in [0.15, 0.2) is 0 Å². The molecule has 0 aromatic carbocycles. The minimum Gasteiger partial charge on any atom is -0.466 e. The summed E-state index contributed by atoms with van der Waals surface area (Å²) in [6, 6.07) is 2.98. The minimum atomic E-state index is -1.24. The van der Waals surface area contributed by atoms with Crippen molar-refractivity contribution in [1.29, 1.82) is 0 Å². The lowest BCUT2D eigenvalue weighted by molar-refractivity contribution is 0.0367. The van der Waals surface area contributed by atoms with Crippen LogP contribution in [0.5, 0.6) is 0 Å². The molecular formula is C14H22N2O4. The Morgan fingerprint density at radius 1 is 1.55 bits per heavy atom. The number of hydrogen-bond acceptors (Lipinski definition) is 4. The fraction of sp³-hybridized carbons (Fsp3) is 0.500. The van der Waals surface area contributed by atoms with Crippen molar-refractivity contribution in [1.82, 2.24) is 10.6 Å². The van der Waals surface area contributed by atoms with Crippen molar-refractivity contribution in [2.24, 2.45) is 0 Å². The van der Waals surface area contributed by atoms with Gasteiger partial charge in [-0.15, -0.1) is 0 Å². The zero-order valence-electron chi connectivity index (χ0n) is 11.9. The van der Waals surface area contributed by atoms with E-state index >= 15 is 0 Å². The fourth-order valence-corrected chi connectivity index (χ4v) is 1.47. The van der Waals surface area contributed by atoms with E-state index in [9.17, 15) is 9.90 Å². The molecule has 3 N–H and O–H groups in total. The number of aliphatic hydroxyl groups is 1. The summed E-state index contributed by atoms with van der Waals surface area (Å²) in [7, 11) is 0. The van der Waals surface area contributed by atoms with Crippen LogP contribution < -0.4 is 10.6 Å².